The van der Waals surface area contributed by atoms with Crippen molar-refractivity contribution in [2.75, 3.05) is 0 Å². The first kappa shape index (κ1) is 16.3. The van der Waals surface area contributed by atoms with Crippen molar-refractivity contribution in [2.24, 2.45) is 0 Å². The van der Waals surface area contributed by atoms with Gasteiger partial charge in [0.15, 0.2) is 11.9 Å². The van der Waals surface area contributed by atoms with E-state index in [0.717, 1.165) is 12.8 Å². The van der Waals surface area contributed by atoms with Crippen LogP contribution < -0.4 is 21.3 Å². The second-order valence-electron chi connectivity index (χ2n) is 6.50. The van der Waals surface area contributed by atoms with Crippen LogP contribution >= 0.6 is 0 Å². The molecule has 0 spiro atoms. The van der Waals surface area contributed by atoms with E-state index >= 15 is 0 Å². The number of benzene rings is 1. The molecule has 1 aromatic heterocycles. The summed E-state index contributed by atoms with van der Waals surface area (Å²) in [5.41, 5.74) is -0.222. The summed E-state index contributed by atoms with van der Waals surface area (Å²) in [5.74, 6) is -0.257. The highest BCUT2D eigenvalue weighted by Crippen LogP contribution is 2.33. The highest BCUT2D eigenvalue weighted by atomic mass is 16.5. The number of hydrogen-bond acceptors (Lipinski definition) is 5. The fourth-order valence-corrected chi connectivity index (χ4v) is 2.99. The van der Waals surface area contributed by atoms with Gasteiger partial charge in [0.1, 0.15) is 5.75 Å². The predicted octanol–water partition coefficient (Wildman–Crippen LogP) is 0.522. The molecule has 0 bridgehead atoms. The van der Waals surface area contributed by atoms with Crippen LogP contribution in [0.2, 0.25) is 0 Å². The number of fused-ring (bicyclic) bond motifs is 1. The standard InChI is InChI=1S/C18H17N3O5/c22-13-7-15(26-14-4-2-1-3-12(13)14)17(24)19-8-10-9-21(11-5-6-11)18(25)20-16(10)23/h1-4,9,11,15H,5-8H2,(H,19,24)(H,20,23,25). The summed E-state index contributed by atoms with van der Waals surface area (Å²) in [6, 6.07) is 6.88. The molecule has 2 aromatic rings. The highest BCUT2D eigenvalue weighted by molar-refractivity contribution is 6.03. The first-order valence-corrected chi connectivity index (χ1v) is 8.44. The number of ketones is 1. The van der Waals surface area contributed by atoms with E-state index in [2.05, 4.69) is 10.3 Å². The van der Waals surface area contributed by atoms with Gasteiger partial charge in [0.25, 0.3) is 11.5 Å². The number of ether oxygens (including phenoxy) is 1. The maximum atomic E-state index is 12.4. The quantitative estimate of drug-likeness (QED) is 0.831. The fourth-order valence-electron chi connectivity index (χ4n) is 2.99. The molecule has 4 rings (SSSR count). The Morgan fingerprint density at radius 3 is 2.77 bits per heavy atom. The second kappa shape index (κ2) is 6.29. The van der Waals surface area contributed by atoms with Crippen molar-refractivity contribution in [2.45, 2.75) is 38.0 Å². The van der Waals surface area contributed by atoms with E-state index in [1.807, 2.05) is 0 Å². The number of H-pyrrole nitrogens is 1. The molecule has 26 heavy (non-hydrogen) atoms. The van der Waals surface area contributed by atoms with Gasteiger partial charge in [0, 0.05) is 18.8 Å². The lowest BCUT2D eigenvalue weighted by molar-refractivity contribution is -0.128. The zero-order chi connectivity index (χ0) is 18.3. The maximum Gasteiger partial charge on any atom is 0.328 e. The normalized spacial score (nSPS) is 18.8. The van der Waals surface area contributed by atoms with E-state index in [9.17, 15) is 19.2 Å². The van der Waals surface area contributed by atoms with Crippen LogP contribution in [-0.4, -0.2) is 27.3 Å². The average molecular weight is 355 g/mol. The third kappa shape index (κ3) is 3.05. The molecule has 1 unspecified atom stereocenters. The predicted molar refractivity (Wildman–Crippen MR) is 91.2 cm³/mol. The molecular formula is C18H17N3O5. The summed E-state index contributed by atoms with van der Waals surface area (Å²) in [5, 5.41) is 2.62. The molecule has 134 valence electrons. The van der Waals surface area contributed by atoms with Gasteiger partial charge in [0.05, 0.1) is 17.5 Å². The number of nitrogens with zero attached hydrogens (tertiary/aromatic N) is 1. The average Bonchev–Trinajstić information content (AvgIpc) is 3.45. The van der Waals surface area contributed by atoms with Gasteiger partial charge >= 0.3 is 5.69 Å². The molecule has 1 fully saturated rings. The number of rotatable bonds is 4. The smallest absolute Gasteiger partial charge is 0.328 e. The van der Waals surface area contributed by atoms with Crippen LogP contribution in [0.4, 0.5) is 0 Å². The Balaban J connectivity index is 1.47. The maximum absolute atomic E-state index is 12.4. The minimum atomic E-state index is -0.939. The molecule has 1 atom stereocenters. The Kier molecular flexibility index (Phi) is 3.95. The van der Waals surface area contributed by atoms with Gasteiger partial charge in [-0.2, -0.15) is 0 Å². The third-order valence-corrected chi connectivity index (χ3v) is 4.55. The number of para-hydroxylation sites is 1. The van der Waals surface area contributed by atoms with Gasteiger partial charge in [-0.15, -0.1) is 0 Å². The number of carbonyl (C=O) groups excluding carboxylic acids is 2. The Hall–Kier alpha value is -3.16. The lowest BCUT2D eigenvalue weighted by Crippen LogP contribution is -2.43. The zero-order valence-corrected chi connectivity index (χ0v) is 13.9. The largest absolute Gasteiger partial charge is 0.479 e. The van der Waals surface area contributed by atoms with Crippen molar-refractivity contribution in [3.63, 3.8) is 0 Å². The van der Waals surface area contributed by atoms with Crippen LogP contribution in [0.1, 0.15) is 41.2 Å². The Labute approximate surface area is 147 Å². The lowest BCUT2D eigenvalue weighted by atomic mass is 10.0. The first-order chi connectivity index (χ1) is 12.5. The van der Waals surface area contributed by atoms with Gasteiger partial charge < -0.3 is 10.1 Å². The summed E-state index contributed by atoms with van der Waals surface area (Å²) in [4.78, 5) is 50.5. The van der Waals surface area contributed by atoms with Crippen molar-refractivity contribution in [1.82, 2.24) is 14.9 Å². The van der Waals surface area contributed by atoms with Crippen LogP contribution in [0.5, 0.6) is 5.75 Å². The van der Waals surface area contributed by atoms with E-state index in [1.54, 1.807) is 24.3 Å². The first-order valence-electron chi connectivity index (χ1n) is 8.44. The van der Waals surface area contributed by atoms with Crippen LogP contribution in [0.3, 0.4) is 0 Å². The minimum Gasteiger partial charge on any atom is -0.479 e. The number of amides is 1. The number of nitrogens with one attached hydrogen (secondary N) is 2. The van der Waals surface area contributed by atoms with Gasteiger partial charge in [-0.3, -0.25) is 23.9 Å². The van der Waals surface area contributed by atoms with E-state index in [4.69, 9.17) is 4.74 Å². The number of aromatic nitrogens is 2. The van der Waals surface area contributed by atoms with E-state index in [0.29, 0.717) is 11.3 Å². The van der Waals surface area contributed by atoms with Crippen molar-refractivity contribution in [3.05, 3.63) is 62.4 Å². The summed E-state index contributed by atoms with van der Waals surface area (Å²) >= 11 is 0. The summed E-state index contributed by atoms with van der Waals surface area (Å²) in [6.07, 6.45) is 2.29. The number of aromatic amines is 1. The second-order valence-corrected chi connectivity index (χ2v) is 6.50. The van der Waals surface area contributed by atoms with Crippen molar-refractivity contribution in [1.29, 1.82) is 0 Å². The van der Waals surface area contributed by atoms with Crippen molar-refractivity contribution < 1.29 is 14.3 Å². The molecule has 1 aliphatic carbocycles. The van der Waals surface area contributed by atoms with Crippen molar-refractivity contribution in [3.8, 4) is 5.75 Å². The topological polar surface area (TPSA) is 110 Å². The molecule has 2 heterocycles. The SMILES string of the molecule is O=C1CC(C(=O)NCc2cn(C3CC3)c(=O)[nH]c2=O)Oc2ccccc21. The lowest BCUT2D eigenvalue weighted by Gasteiger charge is -2.24. The number of hydrogen-bond donors (Lipinski definition) is 2. The molecule has 8 heteroatoms. The van der Waals surface area contributed by atoms with Crippen LogP contribution in [0.25, 0.3) is 0 Å². The molecule has 2 N–H and O–H groups in total. The number of carbonyl (C=O) groups is 2. The zero-order valence-electron chi connectivity index (χ0n) is 13.9. The van der Waals surface area contributed by atoms with Gasteiger partial charge in [-0.1, -0.05) is 12.1 Å². The van der Waals surface area contributed by atoms with E-state index in [1.165, 1.54) is 10.8 Å². The molecule has 0 saturated heterocycles. The Morgan fingerprint density at radius 1 is 1.23 bits per heavy atom. The van der Waals surface area contributed by atoms with Crippen LogP contribution in [-0.2, 0) is 11.3 Å². The van der Waals surface area contributed by atoms with E-state index in [-0.39, 0.29) is 30.4 Å². The van der Waals surface area contributed by atoms with Gasteiger partial charge in [0.2, 0.25) is 0 Å². The minimum absolute atomic E-state index is 0.0448. The molecule has 1 amide bonds. The molecule has 0 radical (unpaired) electrons. The summed E-state index contributed by atoms with van der Waals surface area (Å²) in [7, 11) is 0. The highest BCUT2D eigenvalue weighted by Gasteiger charge is 2.31. The molecule has 2 aliphatic rings. The van der Waals surface area contributed by atoms with Gasteiger partial charge in [-0.05, 0) is 25.0 Å². The fraction of sp³-hybridized carbons (Fsp3) is 0.333. The molecule has 1 aliphatic heterocycles. The third-order valence-electron chi connectivity index (χ3n) is 4.55. The van der Waals surface area contributed by atoms with E-state index < -0.39 is 23.3 Å². The van der Waals surface area contributed by atoms with Gasteiger partial charge in [-0.25, -0.2) is 4.79 Å². The molecule has 1 saturated carbocycles. The molecule has 8 nitrogen and oxygen atoms in total. The number of Topliss-reactive ketones (excluding diaryl/α,β-unsaturated/α-hetero) is 1. The summed E-state index contributed by atoms with van der Waals surface area (Å²) < 4.78 is 7.09. The Morgan fingerprint density at radius 2 is 2.00 bits per heavy atom. The van der Waals surface area contributed by atoms with Crippen LogP contribution in [0.15, 0.2) is 40.1 Å². The molecular weight excluding hydrogens is 338 g/mol. The van der Waals surface area contributed by atoms with Crippen molar-refractivity contribution >= 4 is 11.7 Å². The molecule has 1 aromatic carbocycles. The summed E-state index contributed by atoms with van der Waals surface area (Å²) in [6.45, 7) is -0.0448. The monoisotopic (exact) mass is 355 g/mol. The van der Waals surface area contributed by atoms with Crippen LogP contribution in [0, 0.1) is 0 Å². The Bertz CT molecular complexity index is 1000.